The van der Waals surface area contributed by atoms with Gasteiger partial charge in [-0.2, -0.15) is 0 Å². The van der Waals surface area contributed by atoms with Gasteiger partial charge in [-0.05, 0) is 31.5 Å². The zero-order valence-corrected chi connectivity index (χ0v) is 11.1. The van der Waals surface area contributed by atoms with Crippen LogP contribution in [0.25, 0.3) is 0 Å². The van der Waals surface area contributed by atoms with E-state index in [9.17, 15) is 4.79 Å². The third kappa shape index (κ3) is 2.92. The first-order valence-corrected chi connectivity index (χ1v) is 6.01. The van der Waals surface area contributed by atoms with E-state index in [0.717, 1.165) is 16.2 Å². The lowest BCUT2D eigenvalue weighted by molar-refractivity contribution is 0.0946. The van der Waals surface area contributed by atoms with Crippen molar-refractivity contribution in [3.8, 4) is 0 Å². The van der Waals surface area contributed by atoms with Crippen LogP contribution in [0.1, 0.15) is 27.4 Å². The predicted molar refractivity (Wildman–Crippen MR) is 70.8 cm³/mol. The number of thiol groups is 1. The molecule has 1 aromatic carbocycles. The van der Waals surface area contributed by atoms with E-state index in [4.69, 9.17) is 4.52 Å². The largest absolute Gasteiger partial charge is 0.359 e. The normalized spacial score (nSPS) is 10.4. The molecule has 0 saturated carbocycles. The van der Waals surface area contributed by atoms with Crippen LogP contribution in [-0.2, 0) is 6.54 Å². The number of nitrogens with zero attached hydrogens (tertiary/aromatic N) is 1. The lowest BCUT2D eigenvalue weighted by atomic mass is 10.1. The van der Waals surface area contributed by atoms with Crippen LogP contribution >= 0.6 is 12.6 Å². The first kappa shape index (κ1) is 12.7. The Morgan fingerprint density at radius 2 is 2.17 bits per heavy atom. The van der Waals surface area contributed by atoms with E-state index < -0.39 is 0 Å². The first-order chi connectivity index (χ1) is 8.56. The number of aromatic nitrogens is 1. The van der Waals surface area contributed by atoms with Gasteiger partial charge in [-0.25, -0.2) is 0 Å². The number of nitrogens with one attached hydrogen (secondary N) is 1. The number of aryl methyl sites for hydroxylation is 2. The fourth-order valence-electron chi connectivity index (χ4n) is 1.62. The quantitative estimate of drug-likeness (QED) is 0.836. The highest BCUT2D eigenvalue weighted by atomic mass is 32.1. The van der Waals surface area contributed by atoms with Gasteiger partial charge in [-0.1, -0.05) is 11.2 Å². The van der Waals surface area contributed by atoms with Crippen molar-refractivity contribution in [1.29, 1.82) is 0 Å². The topological polar surface area (TPSA) is 55.1 Å². The minimum absolute atomic E-state index is 0.141. The smallest absolute Gasteiger partial charge is 0.251 e. The van der Waals surface area contributed by atoms with E-state index in [1.54, 1.807) is 12.1 Å². The molecule has 1 heterocycles. The summed E-state index contributed by atoms with van der Waals surface area (Å²) >= 11 is 4.23. The summed E-state index contributed by atoms with van der Waals surface area (Å²) in [5.41, 5.74) is 2.34. The molecule has 0 aliphatic carbocycles. The van der Waals surface area contributed by atoms with Gasteiger partial charge in [-0.15, -0.1) is 12.6 Å². The molecule has 94 valence electrons. The van der Waals surface area contributed by atoms with Crippen molar-refractivity contribution in [1.82, 2.24) is 10.5 Å². The summed E-state index contributed by atoms with van der Waals surface area (Å²) in [6.45, 7) is 4.06. The summed E-state index contributed by atoms with van der Waals surface area (Å²) < 4.78 is 5.02. The van der Waals surface area contributed by atoms with E-state index >= 15 is 0 Å². The highest BCUT2D eigenvalue weighted by molar-refractivity contribution is 7.80. The molecule has 18 heavy (non-hydrogen) atoms. The summed E-state index contributed by atoms with van der Waals surface area (Å²) in [5.74, 6) is 0.498. The molecular weight excluding hydrogens is 248 g/mol. The molecule has 1 amide bonds. The number of rotatable bonds is 3. The molecule has 2 rings (SSSR count). The van der Waals surface area contributed by atoms with Crippen molar-refractivity contribution >= 4 is 18.5 Å². The highest BCUT2D eigenvalue weighted by Gasteiger charge is 2.10. The Labute approximate surface area is 111 Å². The molecule has 1 N–H and O–H groups in total. The molecule has 0 bridgehead atoms. The van der Waals surface area contributed by atoms with Crippen LogP contribution in [0.4, 0.5) is 0 Å². The molecule has 1 aromatic heterocycles. The Balaban J connectivity index is 2.05. The van der Waals surface area contributed by atoms with Gasteiger partial charge in [0.15, 0.2) is 5.76 Å². The van der Waals surface area contributed by atoms with Crippen LogP contribution in [0.5, 0.6) is 0 Å². The van der Waals surface area contributed by atoms with Crippen LogP contribution in [0.3, 0.4) is 0 Å². The van der Waals surface area contributed by atoms with E-state index in [-0.39, 0.29) is 5.91 Å². The van der Waals surface area contributed by atoms with E-state index in [2.05, 4.69) is 23.1 Å². The number of amides is 1. The van der Waals surface area contributed by atoms with E-state index in [1.165, 1.54) is 0 Å². The average Bonchev–Trinajstić information content (AvgIpc) is 2.75. The number of hydrogen-bond acceptors (Lipinski definition) is 4. The van der Waals surface area contributed by atoms with Crippen LogP contribution < -0.4 is 5.32 Å². The van der Waals surface area contributed by atoms with Crippen molar-refractivity contribution in [3.05, 3.63) is 46.8 Å². The Hall–Kier alpha value is -1.75. The zero-order chi connectivity index (χ0) is 13.1. The van der Waals surface area contributed by atoms with Crippen molar-refractivity contribution in [3.63, 3.8) is 0 Å². The van der Waals surface area contributed by atoms with Crippen molar-refractivity contribution in [2.75, 3.05) is 0 Å². The maximum atomic E-state index is 12.0. The highest BCUT2D eigenvalue weighted by Crippen LogP contribution is 2.14. The molecule has 0 fully saturated rings. The van der Waals surface area contributed by atoms with Crippen LogP contribution in [0.15, 0.2) is 33.7 Å². The molecule has 0 spiro atoms. The van der Waals surface area contributed by atoms with Crippen LogP contribution in [-0.4, -0.2) is 11.1 Å². The van der Waals surface area contributed by atoms with Gasteiger partial charge in [0.25, 0.3) is 5.91 Å². The van der Waals surface area contributed by atoms with E-state index in [1.807, 2.05) is 26.0 Å². The summed E-state index contributed by atoms with van der Waals surface area (Å²) in [6.07, 6.45) is 0. The molecule has 5 heteroatoms. The summed E-state index contributed by atoms with van der Waals surface area (Å²) in [5, 5.41) is 6.55. The van der Waals surface area contributed by atoms with Crippen molar-refractivity contribution in [2.24, 2.45) is 0 Å². The van der Waals surface area contributed by atoms with Gasteiger partial charge < -0.3 is 9.84 Å². The summed E-state index contributed by atoms with van der Waals surface area (Å²) in [4.78, 5) is 12.8. The third-order valence-electron chi connectivity index (χ3n) is 2.57. The van der Waals surface area contributed by atoms with Crippen molar-refractivity contribution in [2.45, 2.75) is 25.3 Å². The molecule has 0 aliphatic rings. The number of carbonyl (C=O) groups is 1. The molecule has 4 nitrogen and oxygen atoms in total. The molecule has 0 atom stereocenters. The molecular formula is C13H14N2O2S. The SMILES string of the molecule is Cc1cc(CNC(=O)c2cc(S)ccc2C)on1. The van der Waals surface area contributed by atoms with Crippen LogP contribution in [0.2, 0.25) is 0 Å². The molecule has 0 aliphatic heterocycles. The lowest BCUT2D eigenvalue weighted by Gasteiger charge is -2.06. The molecule has 2 aromatic rings. The van der Waals surface area contributed by atoms with Crippen LogP contribution in [0, 0.1) is 13.8 Å². The first-order valence-electron chi connectivity index (χ1n) is 5.56. The predicted octanol–water partition coefficient (Wildman–Crippen LogP) is 2.51. The summed E-state index contributed by atoms with van der Waals surface area (Å²) in [6, 6.07) is 7.27. The van der Waals surface area contributed by atoms with Gasteiger partial charge in [0, 0.05) is 16.5 Å². The Morgan fingerprint density at radius 1 is 1.39 bits per heavy atom. The maximum absolute atomic E-state index is 12.0. The molecule has 0 unspecified atom stereocenters. The second-order valence-electron chi connectivity index (χ2n) is 4.12. The van der Waals surface area contributed by atoms with Gasteiger partial charge in [-0.3, -0.25) is 4.79 Å². The average molecular weight is 262 g/mol. The lowest BCUT2D eigenvalue weighted by Crippen LogP contribution is -2.23. The van der Waals surface area contributed by atoms with Gasteiger partial charge >= 0.3 is 0 Å². The van der Waals surface area contributed by atoms with Crippen molar-refractivity contribution < 1.29 is 9.32 Å². The Kier molecular flexibility index (Phi) is 3.72. The van der Waals surface area contributed by atoms with Gasteiger partial charge in [0.1, 0.15) is 0 Å². The van der Waals surface area contributed by atoms with E-state index in [0.29, 0.717) is 17.9 Å². The van der Waals surface area contributed by atoms with Gasteiger partial charge in [0.05, 0.1) is 12.2 Å². The third-order valence-corrected chi connectivity index (χ3v) is 2.84. The monoisotopic (exact) mass is 262 g/mol. The van der Waals surface area contributed by atoms with Gasteiger partial charge in [0.2, 0.25) is 0 Å². The fraction of sp³-hybridized carbons (Fsp3) is 0.231. The maximum Gasteiger partial charge on any atom is 0.251 e. The summed E-state index contributed by atoms with van der Waals surface area (Å²) in [7, 11) is 0. The fourth-order valence-corrected chi connectivity index (χ4v) is 1.82. The second-order valence-corrected chi connectivity index (χ2v) is 4.63. The minimum Gasteiger partial charge on any atom is -0.359 e. The number of benzene rings is 1. The standard InChI is InChI=1S/C13H14N2O2S/c1-8-3-4-11(18)6-12(8)13(16)14-7-10-5-9(2)15-17-10/h3-6,18H,7H2,1-2H3,(H,14,16). The minimum atomic E-state index is -0.141. The Morgan fingerprint density at radius 3 is 2.83 bits per heavy atom. The second kappa shape index (κ2) is 5.27. The Bertz CT molecular complexity index is 578. The molecule has 0 radical (unpaired) electrons. The zero-order valence-electron chi connectivity index (χ0n) is 10.2. The number of hydrogen-bond donors (Lipinski definition) is 2. The molecule has 0 saturated heterocycles. The number of carbonyl (C=O) groups excluding carboxylic acids is 1.